The van der Waals surface area contributed by atoms with Gasteiger partial charge in [0.15, 0.2) is 0 Å². The van der Waals surface area contributed by atoms with E-state index in [2.05, 4.69) is 0 Å². The van der Waals surface area contributed by atoms with Crippen LogP contribution in [0.25, 0.3) is 0 Å². The fourth-order valence-corrected chi connectivity index (χ4v) is 3.83. The minimum absolute atomic E-state index is 0.0672. The van der Waals surface area contributed by atoms with Gasteiger partial charge in [-0.3, -0.25) is 14.4 Å². The minimum atomic E-state index is -0.753. The molecule has 3 fully saturated rings. The summed E-state index contributed by atoms with van der Waals surface area (Å²) < 4.78 is 0. The summed E-state index contributed by atoms with van der Waals surface area (Å²) >= 11 is 0. The van der Waals surface area contributed by atoms with Crippen molar-refractivity contribution in [2.75, 3.05) is 26.2 Å². The lowest BCUT2D eigenvalue weighted by Crippen LogP contribution is -2.49. The molecule has 2 heterocycles. The van der Waals surface area contributed by atoms with Crippen LogP contribution in [0.1, 0.15) is 44.9 Å². The topological polar surface area (TPSA) is 77.9 Å². The van der Waals surface area contributed by atoms with Gasteiger partial charge < -0.3 is 14.9 Å². The Morgan fingerprint density at radius 1 is 0.826 bits per heavy atom. The Morgan fingerprint density at radius 2 is 1.48 bits per heavy atom. The van der Waals surface area contributed by atoms with Crippen molar-refractivity contribution >= 4 is 17.8 Å². The summed E-state index contributed by atoms with van der Waals surface area (Å²) in [5.41, 5.74) is 0. The number of carbonyl (C=O) groups excluding carboxylic acids is 2. The maximum Gasteiger partial charge on any atom is 0.303 e. The fraction of sp³-hybridized carbons (Fsp3) is 0.824. The summed E-state index contributed by atoms with van der Waals surface area (Å²) in [5.74, 6) is -0.0139. The first-order valence-electron chi connectivity index (χ1n) is 8.84. The van der Waals surface area contributed by atoms with Gasteiger partial charge in [0.2, 0.25) is 11.8 Å². The molecule has 1 saturated carbocycles. The third-order valence-corrected chi connectivity index (χ3v) is 5.40. The molecule has 2 amide bonds. The predicted octanol–water partition coefficient (Wildman–Crippen LogP) is 1.35. The van der Waals surface area contributed by atoms with Crippen LogP contribution in [0.5, 0.6) is 0 Å². The molecule has 0 aromatic rings. The molecule has 0 radical (unpaired) electrons. The van der Waals surface area contributed by atoms with Gasteiger partial charge in [0.1, 0.15) is 0 Å². The van der Waals surface area contributed by atoms with Crippen LogP contribution in [0, 0.1) is 17.8 Å². The van der Waals surface area contributed by atoms with Crippen LogP contribution < -0.4 is 0 Å². The van der Waals surface area contributed by atoms with Crippen LogP contribution in [-0.4, -0.2) is 58.9 Å². The average Bonchev–Trinajstić information content (AvgIpc) is 3.39. The van der Waals surface area contributed by atoms with E-state index in [-0.39, 0.29) is 36.0 Å². The van der Waals surface area contributed by atoms with E-state index >= 15 is 0 Å². The van der Waals surface area contributed by atoms with Crippen molar-refractivity contribution in [3.05, 3.63) is 0 Å². The maximum atomic E-state index is 12.7. The Balaban J connectivity index is 1.49. The monoisotopic (exact) mass is 322 g/mol. The number of carboxylic acids is 1. The zero-order valence-corrected chi connectivity index (χ0v) is 13.6. The Labute approximate surface area is 136 Å². The molecule has 3 aliphatic rings. The van der Waals surface area contributed by atoms with Crippen molar-refractivity contribution in [3.8, 4) is 0 Å². The molecule has 1 atom stereocenters. The number of aliphatic carboxylic acids is 1. The lowest BCUT2D eigenvalue weighted by Gasteiger charge is -2.37. The first-order chi connectivity index (χ1) is 11.0. The van der Waals surface area contributed by atoms with Crippen molar-refractivity contribution < 1.29 is 19.5 Å². The molecule has 2 aliphatic heterocycles. The molecule has 3 rings (SSSR count). The number of rotatable bonds is 4. The van der Waals surface area contributed by atoms with Gasteiger partial charge in [-0.1, -0.05) is 0 Å². The summed E-state index contributed by atoms with van der Waals surface area (Å²) in [4.78, 5) is 39.4. The zero-order valence-electron chi connectivity index (χ0n) is 13.6. The van der Waals surface area contributed by atoms with E-state index in [4.69, 9.17) is 5.11 Å². The lowest BCUT2D eigenvalue weighted by atomic mass is 9.91. The van der Waals surface area contributed by atoms with Gasteiger partial charge in [-0.25, -0.2) is 0 Å². The van der Waals surface area contributed by atoms with E-state index in [9.17, 15) is 14.4 Å². The highest BCUT2D eigenvalue weighted by atomic mass is 16.4. The molecular formula is C17H26N2O4. The third-order valence-electron chi connectivity index (χ3n) is 5.40. The maximum absolute atomic E-state index is 12.7. The second-order valence-corrected chi connectivity index (χ2v) is 7.26. The highest BCUT2D eigenvalue weighted by Gasteiger charge is 2.38. The Bertz CT molecular complexity index is 481. The number of likely N-dealkylation sites (tertiary alicyclic amines) is 2. The molecule has 1 unspecified atom stereocenters. The normalized spacial score (nSPS) is 26.2. The van der Waals surface area contributed by atoms with Crippen molar-refractivity contribution in [3.63, 3.8) is 0 Å². The molecule has 0 aromatic carbocycles. The van der Waals surface area contributed by atoms with Crippen LogP contribution in [0.2, 0.25) is 0 Å². The number of nitrogens with zero attached hydrogens (tertiary/aromatic N) is 2. The summed E-state index contributed by atoms with van der Waals surface area (Å²) in [6, 6.07) is 0. The molecule has 0 spiro atoms. The second kappa shape index (κ2) is 6.89. The summed E-state index contributed by atoms with van der Waals surface area (Å²) in [6.07, 6.45) is 5.53. The minimum Gasteiger partial charge on any atom is -0.481 e. The van der Waals surface area contributed by atoms with Crippen molar-refractivity contribution in [2.24, 2.45) is 17.8 Å². The molecule has 1 aliphatic carbocycles. The molecule has 2 saturated heterocycles. The second-order valence-electron chi connectivity index (χ2n) is 7.26. The van der Waals surface area contributed by atoms with Gasteiger partial charge in [-0.2, -0.15) is 0 Å². The first-order valence-corrected chi connectivity index (χ1v) is 8.84. The Kier molecular flexibility index (Phi) is 4.87. The third kappa shape index (κ3) is 4.03. The van der Waals surface area contributed by atoms with Crippen LogP contribution in [0.15, 0.2) is 0 Å². The number of hydrogen-bond donors (Lipinski definition) is 1. The van der Waals surface area contributed by atoms with Gasteiger partial charge in [-0.05, 0) is 44.4 Å². The highest BCUT2D eigenvalue weighted by molar-refractivity contribution is 5.83. The van der Waals surface area contributed by atoms with Crippen LogP contribution in [0.4, 0.5) is 0 Å². The van der Waals surface area contributed by atoms with E-state index in [1.165, 1.54) is 0 Å². The smallest absolute Gasteiger partial charge is 0.303 e. The van der Waals surface area contributed by atoms with Gasteiger partial charge in [0.25, 0.3) is 0 Å². The molecule has 128 valence electrons. The van der Waals surface area contributed by atoms with Crippen LogP contribution in [0.3, 0.4) is 0 Å². The summed E-state index contributed by atoms with van der Waals surface area (Å²) in [6.45, 7) is 2.68. The number of amides is 2. The molecule has 1 N–H and O–H groups in total. The average molecular weight is 322 g/mol. The van der Waals surface area contributed by atoms with E-state index in [0.29, 0.717) is 19.6 Å². The SMILES string of the molecule is O=C(O)CC1CCN(C(=O)C2CCCN(C(=O)C3CC3)C2)CC1. The first kappa shape index (κ1) is 16.3. The molecular weight excluding hydrogens is 296 g/mol. The van der Waals surface area contributed by atoms with Crippen molar-refractivity contribution in [2.45, 2.75) is 44.9 Å². The fourth-order valence-electron chi connectivity index (χ4n) is 3.83. The molecule has 0 bridgehead atoms. The number of carbonyl (C=O) groups is 3. The predicted molar refractivity (Wildman–Crippen MR) is 83.6 cm³/mol. The van der Waals surface area contributed by atoms with E-state index in [0.717, 1.165) is 45.1 Å². The molecule has 23 heavy (non-hydrogen) atoms. The number of piperidine rings is 2. The lowest BCUT2D eigenvalue weighted by molar-refractivity contribution is -0.142. The van der Waals surface area contributed by atoms with Gasteiger partial charge in [0.05, 0.1) is 5.92 Å². The Hall–Kier alpha value is -1.59. The largest absolute Gasteiger partial charge is 0.481 e. The Morgan fingerprint density at radius 3 is 2.09 bits per heavy atom. The van der Waals surface area contributed by atoms with E-state index in [1.54, 1.807) is 0 Å². The molecule has 0 aromatic heterocycles. The zero-order chi connectivity index (χ0) is 16.4. The summed E-state index contributed by atoms with van der Waals surface area (Å²) in [7, 11) is 0. The van der Waals surface area contributed by atoms with Crippen LogP contribution in [-0.2, 0) is 14.4 Å². The number of carboxylic acid groups (broad SMARTS) is 1. The van der Waals surface area contributed by atoms with Gasteiger partial charge in [0, 0.05) is 38.5 Å². The standard InChI is InChI=1S/C17H26N2O4/c20-15(21)10-12-5-8-18(9-6-12)17(23)14-2-1-7-19(11-14)16(22)13-3-4-13/h12-14H,1-11H2,(H,20,21). The number of hydrogen-bond acceptors (Lipinski definition) is 3. The van der Waals surface area contributed by atoms with E-state index < -0.39 is 5.97 Å². The van der Waals surface area contributed by atoms with Crippen molar-refractivity contribution in [1.82, 2.24) is 9.80 Å². The van der Waals surface area contributed by atoms with Gasteiger partial charge in [-0.15, -0.1) is 0 Å². The van der Waals surface area contributed by atoms with E-state index in [1.807, 2.05) is 9.80 Å². The van der Waals surface area contributed by atoms with Gasteiger partial charge >= 0.3 is 5.97 Å². The summed E-state index contributed by atoms with van der Waals surface area (Å²) in [5, 5.41) is 8.86. The molecule has 6 nitrogen and oxygen atoms in total. The van der Waals surface area contributed by atoms with Crippen LogP contribution >= 0.6 is 0 Å². The quantitative estimate of drug-likeness (QED) is 0.847. The van der Waals surface area contributed by atoms with Crippen molar-refractivity contribution in [1.29, 1.82) is 0 Å². The highest BCUT2D eigenvalue weighted by Crippen LogP contribution is 2.33. The molecule has 6 heteroatoms.